The molecule has 0 heterocycles. The average molecular weight is 235 g/mol. The Labute approximate surface area is 90.8 Å². The van der Waals surface area contributed by atoms with Gasteiger partial charge in [0.1, 0.15) is 5.75 Å². The van der Waals surface area contributed by atoms with Crippen molar-refractivity contribution in [3.8, 4) is 5.75 Å². The predicted octanol–water partition coefficient (Wildman–Crippen LogP) is 3.19. The van der Waals surface area contributed by atoms with E-state index in [0.29, 0.717) is 12.7 Å². The van der Waals surface area contributed by atoms with Crippen LogP contribution in [0.4, 0.5) is 8.78 Å². The van der Waals surface area contributed by atoms with Crippen LogP contribution >= 0.6 is 11.6 Å². The SMILES string of the molecule is COc1ccc(C(=O)C(C)(F)F)cc1Cl. The third-order valence-electron chi connectivity index (χ3n) is 1.81. The first-order valence-electron chi connectivity index (χ1n) is 4.12. The number of alkyl halides is 2. The summed E-state index contributed by atoms with van der Waals surface area (Å²) in [4.78, 5) is 11.2. The minimum absolute atomic E-state index is 0.131. The second-order valence-electron chi connectivity index (χ2n) is 3.07. The molecule has 5 heteroatoms. The van der Waals surface area contributed by atoms with Gasteiger partial charge in [0, 0.05) is 12.5 Å². The number of methoxy groups -OCH3 is 1. The molecular formula is C10H9ClF2O2. The summed E-state index contributed by atoms with van der Waals surface area (Å²) in [5.74, 6) is -4.31. The normalized spacial score (nSPS) is 11.3. The summed E-state index contributed by atoms with van der Waals surface area (Å²) in [5, 5.41) is 0.132. The van der Waals surface area contributed by atoms with E-state index < -0.39 is 11.7 Å². The van der Waals surface area contributed by atoms with Crippen LogP contribution in [0, 0.1) is 0 Å². The van der Waals surface area contributed by atoms with Crippen molar-refractivity contribution in [1.82, 2.24) is 0 Å². The number of carbonyl (C=O) groups excluding carboxylic acids is 1. The van der Waals surface area contributed by atoms with Crippen LogP contribution < -0.4 is 4.74 Å². The number of Topliss-reactive ketones (excluding diaryl/α,β-unsaturated/α-hetero) is 1. The molecule has 0 aliphatic heterocycles. The fraction of sp³-hybridized carbons (Fsp3) is 0.300. The van der Waals surface area contributed by atoms with E-state index in [9.17, 15) is 13.6 Å². The quantitative estimate of drug-likeness (QED) is 0.751. The molecule has 0 atom stereocenters. The summed E-state index contributed by atoms with van der Waals surface area (Å²) in [6.07, 6.45) is 0. The van der Waals surface area contributed by atoms with E-state index >= 15 is 0 Å². The molecule has 0 unspecified atom stereocenters. The standard InChI is InChI=1S/C10H9ClF2O2/c1-10(12,13)9(14)6-3-4-8(15-2)7(11)5-6/h3-5H,1-2H3. The monoisotopic (exact) mass is 234 g/mol. The van der Waals surface area contributed by atoms with Crippen molar-refractivity contribution in [2.75, 3.05) is 7.11 Å². The maximum Gasteiger partial charge on any atom is 0.307 e. The predicted molar refractivity (Wildman–Crippen MR) is 53.0 cm³/mol. The second-order valence-corrected chi connectivity index (χ2v) is 3.47. The van der Waals surface area contributed by atoms with E-state index in [0.717, 1.165) is 0 Å². The van der Waals surface area contributed by atoms with E-state index in [2.05, 4.69) is 0 Å². The van der Waals surface area contributed by atoms with E-state index in [1.807, 2.05) is 0 Å². The molecule has 1 aromatic carbocycles. The highest BCUT2D eigenvalue weighted by Gasteiger charge is 2.33. The number of hydrogen-bond donors (Lipinski definition) is 0. The smallest absolute Gasteiger partial charge is 0.307 e. The molecule has 0 aliphatic carbocycles. The molecule has 15 heavy (non-hydrogen) atoms. The highest BCUT2D eigenvalue weighted by Crippen LogP contribution is 2.27. The van der Waals surface area contributed by atoms with Crippen LogP contribution in [-0.2, 0) is 0 Å². The second kappa shape index (κ2) is 4.14. The Morgan fingerprint density at radius 2 is 2.07 bits per heavy atom. The number of benzene rings is 1. The molecule has 0 fully saturated rings. The molecule has 0 bridgehead atoms. The minimum atomic E-state index is -3.39. The summed E-state index contributed by atoms with van der Waals surface area (Å²) < 4.78 is 30.2. The van der Waals surface area contributed by atoms with Crippen molar-refractivity contribution in [3.63, 3.8) is 0 Å². The third kappa shape index (κ3) is 2.65. The molecule has 0 spiro atoms. The highest BCUT2D eigenvalue weighted by molar-refractivity contribution is 6.32. The van der Waals surface area contributed by atoms with Gasteiger partial charge in [-0.2, -0.15) is 8.78 Å². The van der Waals surface area contributed by atoms with Crippen molar-refractivity contribution in [1.29, 1.82) is 0 Å². The van der Waals surface area contributed by atoms with E-state index in [-0.39, 0.29) is 10.6 Å². The van der Waals surface area contributed by atoms with E-state index in [1.54, 1.807) is 0 Å². The molecule has 1 aromatic rings. The fourth-order valence-electron chi connectivity index (χ4n) is 1.06. The lowest BCUT2D eigenvalue weighted by Crippen LogP contribution is -2.24. The Hall–Kier alpha value is -1.16. The molecule has 1 rings (SSSR count). The summed E-state index contributed by atoms with van der Waals surface area (Å²) in [6.45, 7) is 0.549. The molecule has 0 aliphatic rings. The van der Waals surface area contributed by atoms with Gasteiger partial charge in [-0.1, -0.05) is 11.6 Å². The molecule has 0 amide bonds. The molecule has 0 radical (unpaired) electrons. The van der Waals surface area contributed by atoms with Crippen molar-refractivity contribution < 1.29 is 18.3 Å². The van der Waals surface area contributed by atoms with Gasteiger partial charge in [0.25, 0.3) is 0 Å². The Morgan fingerprint density at radius 1 is 1.47 bits per heavy atom. The first-order chi connectivity index (χ1) is 6.86. The lowest BCUT2D eigenvalue weighted by molar-refractivity contribution is 0.0221. The lowest BCUT2D eigenvalue weighted by Gasteiger charge is -2.10. The number of rotatable bonds is 3. The summed E-state index contributed by atoms with van der Waals surface area (Å²) in [6, 6.07) is 3.80. The van der Waals surface area contributed by atoms with Gasteiger partial charge in [0.15, 0.2) is 0 Å². The van der Waals surface area contributed by atoms with Crippen LogP contribution in [0.3, 0.4) is 0 Å². The Morgan fingerprint density at radius 3 is 2.47 bits per heavy atom. The van der Waals surface area contributed by atoms with Crippen LogP contribution in [0.5, 0.6) is 5.75 Å². The van der Waals surface area contributed by atoms with Crippen molar-refractivity contribution in [2.45, 2.75) is 12.8 Å². The number of ether oxygens (including phenoxy) is 1. The fourth-order valence-corrected chi connectivity index (χ4v) is 1.32. The van der Waals surface area contributed by atoms with Gasteiger partial charge in [-0.15, -0.1) is 0 Å². The first kappa shape index (κ1) is 11.9. The molecule has 0 saturated carbocycles. The molecule has 0 N–H and O–H groups in total. The number of halogens is 3. The Kier molecular flexibility index (Phi) is 3.29. The molecular weight excluding hydrogens is 226 g/mol. The zero-order valence-electron chi connectivity index (χ0n) is 8.18. The number of carbonyl (C=O) groups is 1. The number of hydrogen-bond acceptors (Lipinski definition) is 2. The molecule has 2 nitrogen and oxygen atoms in total. The first-order valence-corrected chi connectivity index (χ1v) is 4.50. The zero-order chi connectivity index (χ0) is 11.6. The highest BCUT2D eigenvalue weighted by atomic mass is 35.5. The Bertz CT molecular complexity index is 385. The third-order valence-corrected chi connectivity index (χ3v) is 2.11. The number of ketones is 1. The van der Waals surface area contributed by atoms with Crippen molar-refractivity contribution >= 4 is 17.4 Å². The van der Waals surface area contributed by atoms with E-state index in [1.165, 1.54) is 25.3 Å². The van der Waals surface area contributed by atoms with Gasteiger partial charge in [-0.05, 0) is 18.2 Å². The van der Waals surface area contributed by atoms with E-state index in [4.69, 9.17) is 16.3 Å². The van der Waals surface area contributed by atoms with Gasteiger partial charge < -0.3 is 4.74 Å². The van der Waals surface area contributed by atoms with Gasteiger partial charge >= 0.3 is 5.92 Å². The zero-order valence-corrected chi connectivity index (χ0v) is 8.94. The molecule has 82 valence electrons. The molecule has 0 saturated heterocycles. The Balaban J connectivity index is 3.08. The maximum absolute atomic E-state index is 12.7. The van der Waals surface area contributed by atoms with Crippen molar-refractivity contribution in [3.05, 3.63) is 28.8 Å². The van der Waals surface area contributed by atoms with Crippen LogP contribution in [0.25, 0.3) is 0 Å². The van der Waals surface area contributed by atoms with Crippen molar-refractivity contribution in [2.24, 2.45) is 0 Å². The van der Waals surface area contributed by atoms with Gasteiger partial charge in [-0.25, -0.2) is 0 Å². The van der Waals surface area contributed by atoms with Crippen LogP contribution in [0.2, 0.25) is 5.02 Å². The summed E-state index contributed by atoms with van der Waals surface area (Å²) in [7, 11) is 1.40. The summed E-state index contributed by atoms with van der Waals surface area (Å²) >= 11 is 5.70. The topological polar surface area (TPSA) is 26.3 Å². The lowest BCUT2D eigenvalue weighted by atomic mass is 10.1. The van der Waals surface area contributed by atoms with Gasteiger partial charge in [0.05, 0.1) is 12.1 Å². The largest absolute Gasteiger partial charge is 0.495 e. The maximum atomic E-state index is 12.7. The minimum Gasteiger partial charge on any atom is -0.495 e. The van der Waals surface area contributed by atoms with Crippen LogP contribution in [-0.4, -0.2) is 18.8 Å². The molecule has 0 aromatic heterocycles. The van der Waals surface area contributed by atoms with Gasteiger partial charge in [-0.3, -0.25) is 4.79 Å². The average Bonchev–Trinajstić information content (AvgIpc) is 2.15. The summed E-state index contributed by atoms with van der Waals surface area (Å²) in [5.41, 5.74) is -0.131. The van der Waals surface area contributed by atoms with Crippen LogP contribution in [0.15, 0.2) is 18.2 Å². The van der Waals surface area contributed by atoms with Crippen LogP contribution in [0.1, 0.15) is 17.3 Å². The van der Waals surface area contributed by atoms with Gasteiger partial charge in [0.2, 0.25) is 5.78 Å².